The summed E-state index contributed by atoms with van der Waals surface area (Å²) in [6.07, 6.45) is 5.44. The van der Waals surface area contributed by atoms with Gasteiger partial charge in [0, 0.05) is 20.0 Å². The van der Waals surface area contributed by atoms with Gasteiger partial charge in [0.2, 0.25) is 5.91 Å². The number of piperidine rings is 1. The van der Waals surface area contributed by atoms with Crippen LogP contribution < -0.4 is 5.32 Å². The molecule has 100 valence electrons. The quantitative estimate of drug-likeness (QED) is 0.772. The monoisotopic (exact) mass is 240 g/mol. The second-order valence-corrected chi connectivity index (χ2v) is 5.73. The van der Waals surface area contributed by atoms with Crippen LogP contribution in [-0.2, 0) is 4.79 Å². The zero-order valence-corrected chi connectivity index (χ0v) is 11.7. The summed E-state index contributed by atoms with van der Waals surface area (Å²) in [7, 11) is 1.95. The number of nitrogens with zero attached hydrogens (tertiary/aromatic N) is 1. The maximum absolute atomic E-state index is 11.8. The summed E-state index contributed by atoms with van der Waals surface area (Å²) >= 11 is 0. The second kappa shape index (κ2) is 7.70. The van der Waals surface area contributed by atoms with Gasteiger partial charge < -0.3 is 10.2 Å². The fourth-order valence-electron chi connectivity index (χ4n) is 2.27. The summed E-state index contributed by atoms with van der Waals surface area (Å²) < 4.78 is 0. The molecule has 1 amide bonds. The minimum absolute atomic E-state index is 0.313. The maximum atomic E-state index is 11.8. The van der Waals surface area contributed by atoms with Crippen LogP contribution in [0.2, 0.25) is 0 Å². The summed E-state index contributed by atoms with van der Waals surface area (Å²) in [5.74, 6) is 1.75. The van der Waals surface area contributed by atoms with E-state index >= 15 is 0 Å². The van der Waals surface area contributed by atoms with E-state index in [1.807, 2.05) is 11.9 Å². The third kappa shape index (κ3) is 6.06. The highest BCUT2D eigenvalue weighted by Gasteiger charge is 2.15. The van der Waals surface area contributed by atoms with Gasteiger partial charge in [0.05, 0.1) is 0 Å². The number of carbonyl (C=O) groups excluding carboxylic acids is 1. The molecule has 3 heteroatoms. The molecule has 1 aliphatic heterocycles. The van der Waals surface area contributed by atoms with E-state index in [2.05, 4.69) is 19.2 Å². The van der Waals surface area contributed by atoms with Crippen molar-refractivity contribution in [2.45, 2.75) is 46.0 Å². The van der Waals surface area contributed by atoms with Crippen molar-refractivity contribution in [1.82, 2.24) is 10.2 Å². The average molecular weight is 240 g/mol. The lowest BCUT2D eigenvalue weighted by Crippen LogP contribution is -2.32. The van der Waals surface area contributed by atoms with Crippen LogP contribution in [0.1, 0.15) is 46.0 Å². The van der Waals surface area contributed by atoms with E-state index in [9.17, 15) is 4.79 Å². The van der Waals surface area contributed by atoms with Crippen LogP contribution in [0, 0.1) is 11.8 Å². The molecule has 0 unspecified atom stereocenters. The van der Waals surface area contributed by atoms with Crippen molar-refractivity contribution < 1.29 is 4.79 Å². The molecule has 1 heterocycles. The Labute approximate surface area is 106 Å². The van der Waals surface area contributed by atoms with E-state index in [0.29, 0.717) is 18.2 Å². The van der Waals surface area contributed by atoms with E-state index in [-0.39, 0.29) is 0 Å². The summed E-state index contributed by atoms with van der Waals surface area (Å²) in [5.41, 5.74) is 0. The fraction of sp³-hybridized carbons (Fsp3) is 0.929. The van der Waals surface area contributed by atoms with Crippen LogP contribution in [0.15, 0.2) is 0 Å². The third-order valence-corrected chi connectivity index (χ3v) is 3.69. The van der Waals surface area contributed by atoms with E-state index in [1.54, 1.807) is 0 Å². The molecule has 17 heavy (non-hydrogen) atoms. The van der Waals surface area contributed by atoms with E-state index in [1.165, 1.54) is 19.3 Å². The molecular formula is C14H28N2O. The normalized spacial score (nSPS) is 17.4. The Bertz CT molecular complexity index is 222. The molecule has 1 N–H and O–H groups in total. The van der Waals surface area contributed by atoms with Crippen molar-refractivity contribution in [1.29, 1.82) is 0 Å². The van der Waals surface area contributed by atoms with Crippen molar-refractivity contribution in [3.63, 3.8) is 0 Å². The van der Waals surface area contributed by atoms with Crippen LogP contribution in [0.25, 0.3) is 0 Å². The number of rotatable bonds is 6. The van der Waals surface area contributed by atoms with Crippen molar-refractivity contribution in [2.75, 3.05) is 26.7 Å². The van der Waals surface area contributed by atoms with Gasteiger partial charge in [0.15, 0.2) is 0 Å². The predicted octanol–water partition coefficient (Wildman–Crippen LogP) is 2.27. The Hall–Kier alpha value is -0.570. The SMILES string of the molecule is CC(C)CCC(=O)N(C)CCC1CCNCC1. The molecule has 0 radical (unpaired) electrons. The fourth-order valence-corrected chi connectivity index (χ4v) is 2.27. The molecule has 0 aromatic rings. The van der Waals surface area contributed by atoms with Crippen LogP contribution in [-0.4, -0.2) is 37.5 Å². The molecule has 1 aliphatic rings. The lowest BCUT2D eigenvalue weighted by molar-refractivity contribution is -0.130. The standard InChI is InChI=1S/C14H28N2O/c1-12(2)4-5-14(17)16(3)11-8-13-6-9-15-10-7-13/h12-13,15H,4-11H2,1-3H3. The molecule has 0 aromatic carbocycles. The predicted molar refractivity (Wildman–Crippen MR) is 71.9 cm³/mol. The zero-order valence-electron chi connectivity index (χ0n) is 11.7. The lowest BCUT2D eigenvalue weighted by Gasteiger charge is -2.25. The number of carbonyl (C=O) groups is 1. The van der Waals surface area contributed by atoms with Crippen molar-refractivity contribution in [3.05, 3.63) is 0 Å². The van der Waals surface area contributed by atoms with Crippen LogP contribution in [0.5, 0.6) is 0 Å². The van der Waals surface area contributed by atoms with E-state index in [4.69, 9.17) is 0 Å². The molecule has 1 fully saturated rings. The first-order valence-electron chi connectivity index (χ1n) is 7.04. The van der Waals surface area contributed by atoms with Crippen LogP contribution >= 0.6 is 0 Å². The molecular weight excluding hydrogens is 212 g/mol. The minimum atomic E-state index is 0.313. The minimum Gasteiger partial charge on any atom is -0.346 e. The molecule has 1 saturated heterocycles. The molecule has 3 nitrogen and oxygen atoms in total. The van der Waals surface area contributed by atoms with Gasteiger partial charge in [-0.05, 0) is 50.6 Å². The van der Waals surface area contributed by atoms with Crippen LogP contribution in [0.4, 0.5) is 0 Å². The first-order chi connectivity index (χ1) is 8.09. The Morgan fingerprint density at radius 1 is 1.35 bits per heavy atom. The van der Waals surface area contributed by atoms with Gasteiger partial charge in [-0.2, -0.15) is 0 Å². The Morgan fingerprint density at radius 2 is 2.00 bits per heavy atom. The van der Waals surface area contributed by atoms with Gasteiger partial charge in [-0.1, -0.05) is 13.8 Å². The maximum Gasteiger partial charge on any atom is 0.222 e. The van der Waals surface area contributed by atoms with Crippen molar-refractivity contribution in [3.8, 4) is 0 Å². The van der Waals surface area contributed by atoms with Gasteiger partial charge in [-0.15, -0.1) is 0 Å². The number of hydrogen-bond acceptors (Lipinski definition) is 2. The summed E-state index contributed by atoms with van der Waals surface area (Å²) in [5, 5.41) is 3.38. The lowest BCUT2D eigenvalue weighted by atomic mass is 9.94. The van der Waals surface area contributed by atoms with E-state index in [0.717, 1.165) is 32.0 Å². The highest BCUT2D eigenvalue weighted by molar-refractivity contribution is 5.75. The van der Waals surface area contributed by atoms with Gasteiger partial charge in [0.1, 0.15) is 0 Å². The number of amides is 1. The highest BCUT2D eigenvalue weighted by atomic mass is 16.2. The molecule has 0 spiro atoms. The number of hydrogen-bond donors (Lipinski definition) is 1. The van der Waals surface area contributed by atoms with Crippen molar-refractivity contribution in [2.24, 2.45) is 11.8 Å². The zero-order chi connectivity index (χ0) is 12.7. The largest absolute Gasteiger partial charge is 0.346 e. The summed E-state index contributed by atoms with van der Waals surface area (Å²) in [6, 6.07) is 0. The van der Waals surface area contributed by atoms with Gasteiger partial charge in [0.25, 0.3) is 0 Å². The average Bonchev–Trinajstić information content (AvgIpc) is 2.34. The second-order valence-electron chi connectivity index (χ2n) is 5.73. The van der Waals surface area contributed by atoms with Gasteiger partial charge in [-0.3, -0.25) is 4.79 Å². The Kier molecular flexibility index (Phi) is 6.56. The van der Waals surface area contributed by atoms with E-state index < -0.39 is 0 Å². The Morgan fingerprint density at radius 3 is 2.59 bits per heavy atom. The number of nitrogens with one attached hydrogen (secondary N) is 1. The highest BCUT2D eigenvalue weighted by Crippen LogP contribution is 2.16. The smallest absolute Gasteiger partial charge is 0.222 e. The first kappa shape index (κ1) is 14.5. The van der Waals surface area contributed by atoms with Crippen molar-refractivity contribution >= 4 is 5.91 Å². The summed E-state index contributed by atoms with van der Waals surface area (Å²) in [6.45, 7) is 7.57. The van der Waals surface area contributed by atoms with Gasteiger partial charge in [-0.25, -0.2) is 0 Å². The summed E-state index contributed by atoms with van der Waals surface area (Å²) in [4.78, 5) is 13.8. The topological polar surface area (TPSA) is 32.3 Å². The molecule has 0 atom stereocenters. The molecule has 0 aliphatic carbocycles. The molecule has 1 rings (SSSR count). The van der Waals surface area contributed by atoms with Gasteiger partial charge >= 0.3 is 0 Å². The third-order valence-electron chi connectivity index (χ3n) is 3.69. The molecule has 0 aromatic heterocycles. The first-order valence-corrected chi connectivity index (χ1v) is 7.04. The molecule has 0 saturated carbocycles. The Balaban J connectivity index is 2.14. The van der Waals surface area contributed by atoms with Crippen LogP contribution in [0.3, 0.4) is 0 Å². The molecule has 0 bridgehead atoms.